The first-order chi connectivity index (χ1) is 35.0. The van der Waals surface area contributed by atoms with Crippen LogP contribution in [-0.4, -0.2) is 40.1 Å². The normalized spacial score (nSPS) is 45.3. The summed E-state index contributed by atoms with van der Waals surface area (Å²) in [5, 5.41) is 0. The van der Waals surface area contributed by atoms with Gasteiger partial charge < -0.3 is 14.5 Å². The van der Waals surface area contributed by atoms with Crippen LogP contribution in [0, 0.1) is 76.4 Å². The second-order valence-corrected chi connectivity index (χ2v) is 27.3. The lowest BCUT2D eigenvalue weighted by Gasteiger charge is -2.58. The second kappa shape index (κ2) is 20.8. The zero-order chi connectivity index (χ0) is 47.5. The summed E-state index contributed by atoms with van der Waals surface area (Å²) in [6, 6.07) is 2.66. The molecule has 3 nitrogen and oxygen atoms in total. The summed E-state index contributed by atoms with van der Waals surface area (Å²) in [6.07, 6.45) is 72.3. The van der Waals surface area contributed by atoms with Crippen molar-refractivity contribution in [2.24, 2.45) is 76.4 Å². The zero-order valence-corrected chi connectivity index (χ0v) is 44.9. The van der Waals surface area contributed by atoms with Crippen LogP contribution in [0.25, 0.3) is 0 Å². The Bertz CT molecular complexity index is 2130. The summed E-state index contributed by atoms with van der Waals surface area (Å²) >= 11 is 0. The minimum Gasteiger partial charge on any atom is -0.495 e. The van der Waals surface area contributed by atoms with E-state index in [0.29, 0.717) is 41.5 Å². The van der Waals surface area contributed by atoms with Gasteiger partial charge >= 0.3 is 0 Å². The Morgan fingerprint density at radius 2 is 1.45 bits per heavy atom. The van der Waals surface area contributed by atoms with Crippen LogP contribution in [-0.2, 0) is 4.74 Å². The Morgan fingerprint density at radius 3 is 2.25 bits per heavy atom. The molecule has 13 aliphatic rings. The Kier molecular flexibility index (Phi) is 14.1. The molecular weight excluding hydrogens is 861 g/mol. The van der Waals surface area contributed by atoms with E-state index in [4.69, 9.17) is 4.74 Å². The van der Waals surface area contributed by atoms with Crippen LogP contribution in [0.2, 0.25) is 0 Å². The maximum absolute atomic E-state index is 6.97. The molecular formula is C68H98N2O. The molecule has 0 spiro atoms. The fraction of sp³-hybridized carbons (Fsp3) is 0.765. The molecule has 0 aromatic heterocycles. The smallest absolute Gasteiger partial charge is 0.0982 e. The summed E-state index contributed by atoms with van der Waals surface area (Å²) in [5.74, 6) is 11.7. The molecule has 12 aliphatic carbocycles. The average Bonchev–Trinajstić information content (AvgIpc) is 3.92. The van der Waals surface area contributed by atoms with Gasteiger partial charge in [0.1, 0.15) is 0 Å². The van der Waals surface area contributed by atoms with Crippen LogP contribution in [0.4, 0.5) is 0 Å². The van der Waals surface area contributed by atoms with Crippen LogP contribution in [0.3, 0.4) is 0 Å². The molecule has 71 heavy (non-hydrogen) atoms. The maximum atomic E-state index is 6.97. The van der Waals surface area contributed by atoms with Crippen molar-refractivity contribution in [3.05, 3.63) is 95.6 Å². The number of nitrogens with zero attached hydrogens (tertiary/aromatic N) is 2. The molecule has 7 saturated carbocycles. The number of hydrogen-bond donors (Lipinski definition) is 0. The predicted octanol–water partition coefficient (Wildman–Crippen LogP) is 17.7. The quantitative estimate of drug-likeness (QED) is 0.203. The highest BCUT2D eigenvalue weighted by molar-refractivity contribution is 5.33. The Balaban J connectivity index is 0.801. The van der Waals surface area contributed by atoms with Crippen molar-refractivity contribution in [1.29, 1.82) is 0 Å². The van der Waals surface area contributed by atoms with Crippen molar-refractivity contribution < 1.29 is 4.74 Å². The van der Waals surface area contributed by atoms with E-state index in [1.807, 2.05) is 5.57 Å². The van der Waals surface area contributed by atoms with Gasteiger partial charge in [0.25, 0.3) is 0 Å². The van der Waals surface area contributed by atoms with E-state index in [0.717, 1.165) is 78.1 Å². The monoisotopic (exact) mass is 959 g/mol. The summed E-state index contributed by atoms with van der Waals surface area (Å²) < 4.78 is 6.97. The molecule has 1 saturated heterocycles. The van der Waals surface area contributed by atoms with E-state index in [-0.39, 0.29) is 0 Å². The SMILES string of the molecule is C=CC1CC=C(OC2CCC(C3(C4CCC(C)CC4)C4CCCCC4C4CCC(N(C5=CC=C(C6CCC7C(C6)C6CCCC=C6N7C6C=CCCC6)CC5)C5C=CC=C6CCCCC65)CC43)CC2)CC1. The van der Waals surface area contributed by atoms with Crippen LogP contribution in [0.1, 0.15) is 219 Å². The lowest BCUT2D eigenvalue weighted by atomic mass is 9.48. The van der Waals surface area contributed by atoms with Crippen LogP contribution in [0.5, 0.6) is 0 Å². The van der Waals surface area contributed by atoms with Crippen molar-refractivity contribution in [3.63, 3.8) is 0 Å². The largest absolute Gasteiger partial charge is 0.495 e. The van der Waals surface area contributed by atoms with Gasteiger partial charge in [-0.25, -0.2) is 0 Å². The van der Waals surface area contributed by atoms with Gasteiger partial charge in [0.2, 0.25) is 0 Å². The molecule has 0 aromatic carbocycles. The molecule has 0 bridgehead atoms. The minimum atomic E-state index is 0.436. The third-order valence-electron chi connectivity index (χ3n) is 24.2. The van der Waals surface area contributed by atoms with E-state index in [1.165, 1.54) is 192 Å². The lowest BCUT2D eigenvalue weighted by molar-refractivity contribution is -0.0962. The number of allylic oxidation sites excluding steroid dienone is 12. The van der Waals surface area contributed by atoms with Crippen molar-refractivity contribution in [3.8, 4) is 0 Å². The van der Waals surface area contributed by atoms with Gasteiger partial charge in [0, 0.05) is 47.8 Å². The maximum Gasteiger partial charge on any atom is 0.0982 e. The lowest BCUT2D eigenvalue weighted by Crippen LogP contribution is -2.54. The number of hydrogen-bond acceptors (Lipinski definition) is 3. The molecule has 0 amide bonds. The summed E-state index contributed by atoms with van der Waals surface area (Å²) in [7, 11) is 0. The third-order valence-corrected chi connectivity index (χ3v) is 24.2. The molecule has 386 valence electrons. The number of likely N-dealkylation sites (tertiary alicyclic amines) is 1. The first-order valence-electron chi connectivity index (χ1n) is 31.7. The highest BCUT2D eigenvalue weighted by atomic mass is 16.5. The molecule has 1 aliphatic heterocycles. The summed E-state index contributed by atoms with van der Waals surface area (Å²) in [4.78, 5) is 6.25. The third kappa shape index (κ3) is 8.83. The molecule has 0 radical (unpaired) electrons. The molecule has 8 fully saturated rings. The van der Waals surface area contributed by atoms with Crippen molar-refractivity contribution in [2.75, 3.05) is 0 Å². The van der Waals surface area contributed by atoms with Gasteiger partial charge in [-0.15, -0.1) is 6.58 Å². The van der Waals surface area contributed by atoms with E-state index in [9.17, 15) is 0 Å². The molecule has 0 aromatic rings. The first-order valence-corrected chi connectivity index (χ1v) is 31.7. The van der Waals surface area contributed by atoms with E-state index in [1.54, 1.807) is 29.8 Å². The number of rotatable bonds is 10. The fourth-order valence-corrected chi connectivity index (χ4v) is 21.2. The van der Waals surface area contributed by atoms with Crippen LogP contribution >= 0.6 is 0 Å². The van der Waals surface area contributed by atoms with Gasteiger partial charge in [-0.1, -0.05) is 98.8 Å². The van der Waals surface area contributed by atoms with E-state index in [2.05, 4.69) is 84.1 Å². The molecule has 0 N–H and O–H groups in total. The van der Waals surface area contributed by atoms with Crippen molar-refractivity contribution >= 4 is 0 Å². The van der Waals surface area contributed by atoms with Gasteiger partial charge in [-0.2, -0.15) is 0 Å². The molecule has 14 atom stereocenters. The average molecular weight is 960 g/mol. The Hall–Kier alpha value is -2.68. The molecule has 3 heteroatoms. The summed E-state index contributed by atoms with van der Waals surface area (Å²) in [6.45, 7) is 6.71. The zero-order valence-electron chi connectivity index (χ0n) is 44.9. The molecule has 14 unspecified atom stereocenters. The van der Waals surface area contributed by atoms with Gasteiger partial charge in [-0.3, -0.25) is 0 Å². The van der Waals surface area contributed by atoms with E-state index < -0.39 is 0 Å². The van der Waals surface area contributed by atoms with Gasteiger partial charge in [0.05, 0.1) is 17.9 Å². The summed E-state index contributed by atoms with van der Waals surface area (Å²) in [5.41, 5.74) is 7.68. The van der Waals surface area contributed by atoms with E-state index >= 15 is 0 Å². The molecule has 1 heterocycles. The highest BCUT2D eigenvalue weighted by Gasteiger charge is 2.66. The fourth-order valence-electron chi connectivity index (χ4n) is 21.2. The highest BCUT2D eigenvalue weighted by Crippen LogP contribution is 2.72. The second-order valence-electron chi connectivity index (χ2n) is 27.3. The number of ether oxygens (including phenoxy) is 1. The molecule has 13 rings (SSSR count). The first kappa shape index (κ1) is 48.0. The Morgan fingerprint density at radius 1 is 0.634 bits per heavy atom. The topological polar surface area (TPSA) is 15.7 Å². The predicted molar refractivity (Wildman–Crippen MR) is 295 cm³/mol. The standard InChI is InChI=1S/C68H98N2O/c1-3-47-26-38-56(39-27-47)71-57-40-33-52(34-41-57)68(51-31-24-46(2)25-32-51)63-21-11-9-19-59(63)60-42-37-55(45-64(60)68)69(65-23-13-15-49-14-7-8-18-58(49)65)54-35-28-48(29-36-54)50-30-43-67-62(44-50)61-20-10-12-22-66(61)70(67)53-16-5-4-6-17-53/h3,5,13,15-16,22-23,28,35,38,46-47,50-53,55,57-65,67H,1,4,6-12,14,17-21,24-27,29-34,36-37,39-45H2,2H3. The number of fused-ring (bicyclic) bond motifs is 7. The van der Waals surface area contributed by atoms with Crippen LogP contribution < -0.4 is 0 Å². The minimum absolute atomic E-state index is 0.436. The van der Waals surface area contributed by atoms with Gasteiger partial charge in [-0.05, 0) is 250 Å². The van der Waals surface area contributed by atoms with Gasteiger partial charge in [0.15, 0.2) is 0 Å². The van der Waals surface area contributed by atoms with Crippen molar-refractivity contribution in [2.45, 2.75) is 249 Å². The van der Waals surface area contributed by atoms with Crippen molar-refractivity contribution in [1.82, 2.24) is 9.80 Å². The van der Waals surface area contributed by atoms with Crippen LogP contribution in [0.15, 0.2) is 95.6 Å². The Labute approximate surface area is 433 Å².